The minimum Gasteiger partial charge on any atom is -0.392 e. The number of rotatable bonds is 5. The van der Waals surface area contributed by atoms with Crippen molar-refractivity contribution in [2.24, 2.45) is 0 Å². The Morgan fingerprint density at radius 2 is 1.77 bits per heavy atom. The van der Waals surface area contributed by atoms with Crippen molar-refractivity contribution >= 4 is 23.1 Å². The van der Waals surface area contributed by atoms with E-state index in [1.165, 1.54) is 40.8 Å². The Kier molecular flexibility index (Phi) is 4.88. The number of ketones is 1. The largest absolute Gasteiger partial charge is 0.392 e. The Hall–Kier alpha value is -3.85. The van der Waals surface area contributed by atoms with Crippen molar-refractivity contribution in [3.05, 3.63) is 81.2 Å². The predicted octanol–water partition coefficient (Wildman–Crippen LogP) is 2.68. The number of Topliss-reactive ketones (excluding diaryl/α,β-unsaturated/α-hetero) is 1. The monoisotopic (exact) mass is 406 g/mol. The summed E-state index contributed by atoms with van der Waals surface area (Å²) >= 11 is 0. The molecule has 30 heavy (non-hydrogen) atoms. The number of aliphatic hydroxyl groups is 1. The summed E-state index contributed by atoms with van der Waals surface area (Å²) in [6.45, 7) is 1.64. The third-order valence-electron chi connectivity index (χ3n) is 5.09. The van der Waals surface area contributed by atoms with Gasteiger partial charge in [-0.15, -0.1) is 0 Å². The highest BCUT2D eigenvalue weighted by molar-refractivity contribution is 6.09. The maximum absolute atomic E-state index is 13.4. The Morgan fingerprint density at radius 3 is 2.33 bits per heavy atom. The number of nitro benzene ring substituents is 1. The molecule has 0 aliphatic carbocycles. The molecule has 0 bridgehead atoms. The smallest absolute Gasteiger partial charge is 0.277 e. The maximum Gasteiger partial charge on any atom is 0.277 e. The van der Waals surface area contributed by atoms with Crippen LogP contribution in [0.1, 0.15) is 39.0 Å². The van der Waals surface area contributed by atoms with E-state index in [4.69, 9.17) is 0 Å². The first-order valence-electron chi connectivity index (χ1n) is 9.30. The van der Waals surface area contributed by atoms with Gasteiger partial charge in [-0.1, -0.05) is 12.1 Å². The number of carbonyl (C=O) groups is 2. The highest BCUT2D eigenvalue weighted by Gasteiger charge is 2.34. The number of benzene rings is 2. The molecule has 1 amide bonds. The number of hydrogen-bond acceptors (Lipinski definition) is 6. The Morgan fingerprint density at radius 1 is 1.13 bits per heavy atom. The van der Waals surface area contributed by atoms with E-state index in [1.807, 2.05) is 0 Å². The van der Waals surface area contributed by atoms with E-state index in [9.17, 15) is 24.8 Å². The quantitative estimate of drug-likeness (QED) is 0.395. The Labute approximate surface area is 171 Å². The van der Waals surface area contributed by atoms with Gasteiger partial charge in [0.05, 0.1) is 17.2 Å². The molecule has 0 unspecified atom stereocenters. The van der Waals surface area contributed by atoms with Crippen molar-refractivity contribution < 1.29 is 19.6 Å². The lowest BCUT2D eigenvalue weighted by atomic mass is 10.0. The molecule has 0 saturated heterocycles. The van der Waals surface area contributed by atoms with Crippen LogP contribution in [-0.4, -0.2) is 38.0 Å². The molecule has 1 aliphatic rings. The van der Waals surface area contributed by atoms with E-state index < -0.39 is 4.92 Å². The van der Waals surface area contributed by atoms with Crippen molar-refractivity contribution in [3.63, 3.8) is 0 Å². The van der Waals surface area contributed by atoms with Gasteiger partial charge in [-0.25, -0.2) is 4.68 Å². The molecule has 9 heteroatoms. The number of fused-ring (bicyclic) bond motifs is 1. The van der Waals surface area contributed by atoms with Crippen LogP contribution in [-0.2, 0) is 13.0 Å². The summed E-state index contributed by atoms with van der Waals surface area (Å²) in [7, 11) is 0. The molecule has 0 radical (unpaired) electrons. The summed E-state index contributed by atoms with van der Waals surface area (Å²) in [5.74, 6) is -0.565. The van der Waals surface area contributed by atoms with Crippen LogP contribution < -0.4 is 4.90 Å². The molecule has 2 heterocycles. The number of hydrogen-bond donors (Lipinski definition) is 1. The molecule has 4 rings (SSSR count). The number of carbonyl (C=O) groups excluding carboxylic acids is 2. The maximum atomic E-state index is 13.4. The fourth-order valence-electron chi connectivity index (χ4n) is 3.57. The van der Waals surface area contributed by atoms with Gasteiger partial charge in [-0.05, 0) is 36.2 Å². The van der Waals surface area contributed by atoms with Crippen LogP contribution in [0.2, 0.25) is 0 Å². The van der Waals surface area contributed by atoms with Crippen LogP contribution in [0.4, 0.5) is 11.4 Å². The van der Waals surface area contributed by atoms with Crippen LogP contribution in [0, 0.1) is 10.1 Å². The second-order valence-corrected chi connectivity index (χ2v) is 6.95. The summed E-state index contributed by atoms with van der Waals surface area (Å²) in [4.78, 5) is 37.4. The molecular weight excluding hydrogens is 388 g/mol. The number of amides is 1. The SMILES string of the molecule is CC(=O)c1nn(-c2ccc(CO)cc2)c2c1CCN(c1ccc([N+](=O)[O-])cc1)C2=O. The van der Waals surface area contributed by atoms with Crippen molar-refractivity contribution in [2.45, 2.75) is 20.0 Å². The highest BCUT2D eigenvalue weighted by Crippen LogP contribution is 2.30. The molecule has 0 atom stereocenters. The number of nitro groups is 1. The van der Waals surface area contributed by atoms with E-state index >= 15 is 0 Å². The van der Waals surface area contributed by atoms with Gasteiger partial charge >= 0.3 is 0 Å². The number of aromatic nitrogens is 2. The van der Waals surface area contributed by atoms with Gasteiger partial charge in [0.15, 0.2) is 5.78 Å². The van der Waals surface area contributed by atoms with Gasteiger partial charge in [0.25, 0.3) is 11.6 Å². The molecule has 1 aliphatic heterocycles. The first-order valence-corrected chi connectivity index (χ1v) is 9.30. The van der Waals surface area contributed by atoms with E-state index in [0.29, 0.717) is 41.2 Å². The number of non-ortho nitro benzene ring substituents is 1. The third-order valence-corrected chi connectivity index (χ3v) is 5.09. The molecule has 0 saturated carbocycles. The van der Waals surface area contributed by atoms with Gasteiger partial charge in [-0.2, -0.15) is 5.10 Å². The number of nitrogens with zero attached hydrogens (tertiary/aromatic N) is 4. The van der Waals surface area contributed by atoms with Crippen molar-refractivity contribution in [3.8, 4) is 5.69 Å². The van der Waals surface area contributed by atoms with Crippen LogP contribution >= 0.6 is 0 Å². The summed E-state index contributed by atoms with van der Waals surface area (Å²) in [6.07, 6.45) is 0.432. The Bertz CT molecular complexity index is 1150. The highest BCUT2D eigenvalue weighted by atomic mass is 16.6. The van der Waals surface area contributed by atoms with Crippen molar-refractivity contribution in [2.75, 3.05) is 11.4 Å². The summed E-state index contributed by atoms with van der Waals surface area (Å²) in [6, 6.07) is 12.7. The van der Waals surface area contributed by atoms with Crippen LogP contribution in [0.25, 0.3) is 5.69 Å². The minimum atomic E-state index is -0.496. The van der Waals surface area contributed by atoms with Gasteiger partial charge in [0.1, 0.15) is 11.4 Å². The topological polar surface area (TPSA) is 119 Å². The Balaban J connectivity index is 1.79. The average Bonchev–Trinajstić information content (AvgIpc) is 3.15. The molecule has 0 fully saturated rings. The first-order chi connectivity index (χ1) is 14.4. The summed E-state index contributed by atoms with van der Waals surface area (Å²) < 4.78 is 1.45. The lowest BCUT2D eigenvalue weighted by Gasteiger charge is -2.27. The zero-order valence-electron chi connectivity index (χ0n) is 16.1. The van der Waals surface area contributed by atoms with Gasteiger partial charge in [0, 0.05) is 36.9 Å². The second-order valence-electron chi connectivity index (χ2n) is 6.95. The van der Waals surface area contributed by atoms with Crippen molar-refractivity contribution in [1.29, 1.82) is 0 Å². The average molecular weight is 406 g/mol. The van der Waals surface area contributed by atoms with Crippen LogP contribution in [0.15, 0.2) is 48.5 Å². The van der Waals surface area contributed by atoms with E-state index in [1.54, 1.807) is 24.3 Å². The minimum absolute atomic E-state index is 0.0585. The molecule has 3 aromatic rings. The predicted molar refractivity (Wildman–Crippen MR) is 108 cm³/mol. The lowest BCUT2D eigenvalue weighted by Crippen LogP contribution is -2.39. The second kappa shape index (κ2) is 7.53. The molecule has 152 valence electrons. The fourth-order valence-corrected chi connectivity index (χ4v) is 3.57. The van der Waals surface area contributed by atoms with Gasteiger partial charge in [0.2, 0.25) is 0 Å². The van der Waals surface area contributed by atoms with Crippen LogP contribution in [0.3, 0.4) is 0 Å². The van der Waals surface area contributed by atoms with Gasteiger partial charge in [-0.3, -0.25) is 19.7 Å². The molecule has 2 aromatic carbocycles. The third kappa shape index (κ3) is 3.25. The standard InChI is InChI=1S/C21H18N4O5/c1-13(27)19-18-10-11-23(15-6-8-17(9-7-15)25(29)30)21(28)20(18)24(22-19)16-4-2-14(12-26)3-5-16/h2-9,26H,10-12H2,1H3. The first kappa shape index (κ1) is 19.5. The zero-order chi connectivity index (χ0) is 21.4. The van der Waals surface area contributed by atoms with Crippen molar-refractivity contribution in [1.82, 2.24) is 9.78 Å². The van der Waals surface area contributed by atoms with Crippen LogP contribution in [0.5, 0.6) is 0 Å². The lowest BCUT2D eigenvalue weighted by molar-refractivity contribution is -0.384. The van der Waals surface area contributed by atoms with E-state index in [-0.39, 0.29) is 29.7 Å². The zero-order valence-corrected chi connectivity index (χ0v) is 16.1. The number of anilines is 1. The summed E-state index contributed by atoms with van der Waals surface area (Å²) in [5, 5.41) is 24.6. The summed E-state index contributed by atoms with van der Waals surface area (Å²) in [5.41, 5.74) is 2.92. The molecule has 9 nitrogen and oxygen atoms in total. The number of aliphatic hydroxyl groups excluding tert-OH is 1. The normalized spacial score (nSPS) is 13.3. The van der Waals surface area contributed by atoms with E-state index in [0.717, 1.165) is 0 Å². The molecule has 0 spiro atoms. The fraction of sp³-hybridized carbons (Fsp3) is 0.190. The molecule has 1 N–H and O–H groups in total. The molecular formula is C21H18N4O5. The molecule has 1 aromatic heterocycles. The van der Waals surface area contributed by atoms with Gasteiger partial charge < -0.3 is 10.0 Å². The van der Waals surface area contributed by atoms with E-state index in [2.05, 4.69) is 5.10 Å².